The predicted molar refractivity (Wildman–Crippen MR) is 157 cm³/mol. The topological polar surface area (TPSA) is 98.8 Å². The normalized spacial score (nSPS) is 20.7. The number of rotatable bonds is 12. The first-order chi connectivity index (χ1) is 20.4. The predicted octanol–water partition coefficient (Wildman–Crippen LogP) is 4.74. The molecule has 3 amide bonds. The number of carbonyl (C=O) groups is 4. The highest BCUT2D eigenvalue weighted by Gasteiger charge is 2.53. The first-order valence-corrected chi connectivity index (χ1v) is 15.7. The van der Waals surface area contributed by atoms with Crippen LogP contribution < -0.4 is 10.6 Å². The smallest absolute Gasteiger partial charge is 0.308 e. The van der Waals surface area contributed by atoms with Crippen LogP contribution in [0.1, 0.15) is 83.1 Å². The number of benzene rings is 1. The molecule has 43 heavy (non-hydrogen) atoms. The minimum absolute atomic E-state index is 0.123. The van der Waals surface area contributed by atoms with E-state index in [9.17, 15) is 28.0 Å². The van der Waals surface area contributed by atoms with Crippen LogP contribution in [0.25, 0.3) is 0 Å². The van der Waals surface area contributed by atoms with Gasteiger partial charge >= 0.3 is 5.92 Å². The number of amides is 3. The van der Waals surface area contributed by atoms with Gasteiger partial charge in [-0.3, -0.25) is 19.2 Å². The lowest BCUT2D eigenvalue weighted by Crippen LogP contribution is -2.55. The monoisotopic (exact) mass is 606 g/mol. The summed E-state index contributed by atoms with van der Waals surface area (Å²) >= 11 is 0. The van der Waals surface area contributed by atoms with Crippen LogP contribution in [0.2, 0.25) is 0 Å². The lowest BCUT2D eigenvalue weighted by Gasteiger charge is -2.36. The van der Waals surface area contributed by atoms with Gasteiger partial charge in [0, 0.05) is 56.8 Å². The average Bonchev–Trinajstić information content (AvgIpc) is 3.86. The highest BCUT2D eigenvalue weighted by molar-refractivity contribution is 5.97. The number of nitrogens with one attached hydrogen (secondary N) is 2. The van der Waals surface area contributed by atoms with Crippen molar-refractivity contribution in [3.05, 3.63) is 29.6 Å². The molecule has 2 aliphatic carbocycles. The number of alkyl halides is 2. The number of likely N-dealkylation sites (N-methyl/N-ethyl adjacent to an activating group) is 1. The number of anilines is 1. The highest BCUT2D eigenvalue weighted by atomic mass is 19.3. The van der Waals surface area contributed by atoms with Gasteiger partial charge in [-0.25, -0.2) is 4.39 Å². The van der Waals surface area contributed by atoms with Crippen LogP contribution in [0.4, 0.5) is 18.9 Å². The van der Waals surface area contributed by atoms with Crippen molar-refractivity contribution in [3.63, 3.8) is 0 Å². The van der Waals surface area contributed by atoms with Crippen LogP contribution in [0.5, 0.6) is 0 Å². The van der Waals surface area contributed by atoms with E-state index in [0.29, 0.717) is 57.4 Å². The summed E-state index contributed by atoms with van der Waals surface area (Å²) in [6.45, 7) is 5.91. The molecule has 1 aromatic rings. The summed E-state index contributed by atoms with van der Waals surface area (Å²) in [5, 5.41) is 5.37. The molecule has 2 saturated carbocycles. The fraction of sp³-hybridized carbons (Fsp3) is 0.688. The molecule has 0 aromatic heterocycles. The van der Waals surface area contributed by atoms with E-state index < -0.39 is 53.6 Å². The summed E-state index contributed by atoms with van der Waals surface area (Å²) in [7, 11) is 1.97. The zero-order valence-corrected chi connectivity index (χ0v) is 25.5. The van der Waals surface area contributed by atoms with Crippen molar-refractivity contribution >= 4 is 29.2 Å². The maximum atomic E-state index is 15.4. The number of hydrogen-bond acceptors (Lipinski definition) is 5. The van der Waals surface area contributed by atoms with Crippen LogP contribution in [-0.4, -0.2) is 78.5 Å². The third-order valence-electron chi connectivity index (χ3n) is 9.42. The van der Waals surface area contributed by atoms with Gasteiger partial charge in [-0.1, -0.05) is 39.2 Å². The van der Waals surface area contributed by atoms with E-state index in [1.165, 1.54) is 12.1 Å². The Morgan fingerprint density at radius 2 is 1.65 bits per heavy atom. The SMILES string of the molecule is CCC(=O)N[C@@H](C(=O)N1CCN(C)CC1)[C@@H](C)c1ccc(NC(=O)[C@@H](CC(=O)C(F)(F)C2CC2)C2CCCCC2)c(F)c1. The molecule has 3 fully saturated rings. The van der Waals surface area contributed by atoms with Crippen LogP contribution in [0, 0.1) is 23.6 Å². The summed E-state index contributed by atoms with van der Waals surface area (Å²) in [5.41, 5.74) is 0.338. The number of halogens is 3. The number of hydrogen-bond donors (Lipinski definition) is 2. The van der Waals surface area contributed by atoms with E-state index in [1.54, 1.807) is 24.8 Å². The standard InChI is InChI=1S/C32H45F3N4O4/c1-4-28(41)37-29(31(43)39-16-14-38(3)15-17-39)20(2)22-10-13-26(25(33)18-22)36-30(42)24(21-8-6-5-7-9-21)19-27(40)32(34,35)23-11-12-23/h10,13,18,20-21,23-24,29H,4-9,11-12,14-17,19H2,1-3H3,(H,36,42)(H,37,41)/t20-,24-,29+/m0/s1. The zero-order valence-electron chi connectivity index (χ0n) is 25.5. The molecule has 8 nitrogen and oxygen atoms in total. The van der Waals surface area contributed by atoms with Crippen LogP contribution >= 0.6 is 0 Å². The number of ketones is 1. The van der Waals surface area contributed by atoms with E-state index in [-0.39, 0.29) is 29.8 Å². The molecule has 0 spiro atoms. The lowest BCUT2D eigenvalue weighted by molar-refractivity contribution is -0.149. The van der Waals surface area contributed by atoms with Gasteiger partial charge in [0.05, 0.1) is 5.69 Å². The Morgan fingerprint density at radius 3 is 2.23 bits per heavy atom. The van der Waals surface area contributed by atoms with Gasteiger partial charge in [-0.05, 0) is 56.3 Å². The van der Waals surface area contributed by atoms with Crippen molar-refractivity contribution in [1.29, 1.82) is 0 Å². The Bertz CT molecular complexity index is 1180. The summed E-state index contributed by atoms with van der Waals surface area (Å²) in [5.74, 6) is -9.27. The average molecular weight is 607 g/mol. The van der Waals surface area contributed by atoms with E-state index in [0.717, 1.165) is 19.3 Å². The fourth-order valence-electron chi connectivity index (χ4n) is 6.25. The molecular formula is C32H45F3N4O4. The molecule has 238 valence electrons. The van der Waals surface area contributed by atoms with Crippen molar-refractivity contribution in [2.45, 2.75) is 89.5 Å². The van der Waals surface area contributed by atoms with E-state index in [2.05, 4.69) is 15.5 Å². The van der Waals surface area contributed by atoms with E-state index >= 15 is 4.39 Å². The van der Waals surface area contributed by atoms with Gasteiger partial charge in [0.15, 0.2) is 0 Å². The van der Waals surface area contributed by atoms with Gasteiger partial charge in [0.2, 0.25) is 23.5 Å². The fourth-order valence-corrected chi connectivity index (χ4v) is 6.25. The summed E-state index contributed by atoms with van der Waals surface area (Å²) in [6.07, 6.45) is 4.24. The third kappa shape index (κ3) is 8.16. The van der Waals surface area contributed by atoms with Crippen LogP contribution in [-0.2, 0) is 19.2 Å². The second-order valence-corrected chi connectivity index (χ2v) is 12.6. The van der Waals surface area contributed by atoms with Crippen molar-refractivity contribution < 1.29 is 32.3 Å². The number of piperazine rings is 1. The Labute approximate surface area is 252 Å². The van der Waals surface area contributed by atoms with Gasteiger partial charge in [-0.15, -0.1) is 0 Å². The molecule has 1 aromatic carbocycles. The summed E-state index contributed by atoms with van der Waals surface area (Å²) in [4.78, 5) is 55.6. The molecule has 11 heteroatoms. The molecule has 1 saturated heterocycles. The van der Waals surface area contributed by atoms with Crippen LogP contribution in [0.3, 0.4) is 0 Å². The molecule has 0 bridgehead atoms. The second kappa shape index (κ2) is 14.2. The van der Waals surface area contributed by atoms with Gasteiger partial charge in [0.25, 0.3) is 0 Å². The minimum atomic E-state index is -3.44. The number of Topliss-reactive ketones (excluding diaryl/α,β-unsaturated/α-hetero) is 1. The number of carbonyl (C=O) groups excluding carboxylic acids is 4. The van der Waals surface area contributed by atoms with Gasteiger partial charge in [-0.2, -0.15) is 8.78 Å². The Morgan fingerprint density at radius 1 is 1.00 bits per heavy atom. The molecule has 4 rings (SSSR count). The van der Waals surface area contributed by atoms with E-state index in [1.807, 2.05) is 7.05 Å². The molecule has 1 heterocycles. The third-order valence-corrected chi connectivity index (χ3v) is 9.42. The quantitative estimate of drug-likeness (QED) is 0.358. The van der Waals surface area contributed by atoms with Crippen molar-refractivity contribution in [2.75, 3.05) is 38.5 Å². The molecule has 0 radical (unpaired) electrons. The maximum absolute atomic E-state index is 15.4. The molecule has 0 unspecified atom stereocenters. The van der Waals surface area contributed by atoms with Gasteiger partial charge in [0.1, 0.15) is 11.9 Å². The lowest BCUT2D eigenvalue weighted by atomic mass is 9.76. The Hall–Kier alpha value is -2.95. The largest absolute Gasteiger partial charge is 0.344 e. The van der Waals surface area contributed by atoms with Crippen molar-refractivity contribution in [3.8, 4) is 0 Å². The van der Waals surface area contributed by atoms with Crippen molar-refractivity contribution in [2.24, 2.45) is 17.8 Å². The Balaban J connectivity index is 1.49. The molecular weight excluding hydrogens is 561 g/mol. The minimum Gasteiger partial charge on any atom is -0.344 e. The zero-order chi connectivity index (χ0) is 31.3. The first-order valence-electron chi connectivity index (χ1n) is 15.7. The van der Waals surface area contributed by atoms with E-state index in [4.69, 9.17) is 0 Å². The highest BCUT2D eigenvalue weighted by Crippen LogP contribution is 2.45. The van der Waals surface area contributed by atoms with Crippen molar-refractivity contribution in [1.82, 2.24) is 15.1 Å². The second-order valence-electron chi connectivity index (χ2n) is 12.6. The molecule has 1 aliphatic heterocycles. The summed E-state index contributed by atoms with van der Waals surface area (Å²) < 4.78 is 44.6. The maximum Gasteiger partial charge on any atom is 0.308 e. The van der Waals surface area contributed by atoms with Crippen LogP contribution in [0.15, 0.2) is 18.2 Å². The Kier molecular flexibility index (Phi) is 10.9. The van der Waals surface area contributed by atoms with Gasteiger partial charge < -0.3 is 20.4 Å². The first kappa shape index (κ1) is 33.0. The number of nitrogens with zero attached hydrogens (tertiary/aromatic N) is 2. The molecule has 3 atom stereocenters. The molecule has 3 aliphatic rings. The molecule has 2 N–H and O–H groups in total. The summed E-state index contributed by atoms with van der Waals surface area (Å²) in [6, 6.07) is 3.31.